The van der Waals surface area contributed by atoms with Crippen LogP contribution in [0.25, 0.3) is 0 Å². The largest absolute Gasteiger partial charge is 0.481 e. The van der Waals surface area contributed by atoms with Crippen molar-refractivity contribution in [1.82, 2.24) is 4.90 Å². The van der Waals surface area contributed by atoms with E-state index < -0.39 is 23.7 Å². The standard InChI is InChI=1S/C14H15BrFNO3/c1-2-17-12(18)6-4-9(14(19)20)13(17)8-3-5-11(16)10(15)7-8/h3,5,7,9,13H,2,4,6H2,1H3,(H,19,20). The molecule has 1 N–H and O–H groups in total. The molecule has 0 bridgehead atoms. The lowest BCUT2D eigenvalue weighted by atomic mass is 9.84. The van der Waals surface area contributed by atoms with Crippen molar-refractivity contribution in [3.63, 3.8) is 0 Å². The van der Waals surface area contributed by atoms with Crippen molar-refractivity contribution in [3.8, 4) is 0 Å². The van der Waals surface area contributed by atoms with Crippen molar-refractivity contribution >= 4 is 27.8 Å². The Labute approximate surface area is 124 Å². The number of amides is 1. The first-order chi connectivity index (χ1) is 9.45. The van der Waals surface area contributed by atoms with Crippen LogP contribution in [-0.2, 0) is 9.59 Å². The van der Waals surface area contributed by atoms with Gasteiger partial charge in [-0.1, -0.05) is 6.07 Å². The number of carboxylic acids is 1. The van der Waals surface area contributed by atoms with Gasteiger partial charge in [-0.2, -0.15) is 0 Å². The fourth-order valence-electron chi connectivity index (χ4n) is 2.69. The molecule has 1 fully saturated rings. The normalized spacial score (nSPS) is 22.9. The Balaban J connectivity index is 2.46. The molecule has 1 aliphatic heterocycles. The molecule has 1 heterocycles. The number of hydrogen-bond acceptors (Lipinski definition) is 2. The molecule has 0 radical (unpaired) electrons. The fraction of sp³-hybridized carbons (Fsp3) is 0.429. The highest BCUT2D eigenvalue weighted by molar-refractivity contribution is 9.10. The molecule has 1 amide bonds. The average molecular weight is 344 g/mol. The van der Waals surface area contributed by atoms with E-state index in [1.165, 1.54) is 6.07 Å². The molecule has 1 aromatic rings. The number of carbonyl (C=O) groups excluding carboxylic acids is 1. The van der Waals surface area contributed by atoms with Gasteiger partial charge in [-0.3, -0.25) is 9.59 Å². The quantitative estimate of drug-likeness (QED) is 0.917. The maximum absolute atomic E-state index is 13.3. The summed E-state index contributed by atoms with van der Waals surface area (Å²) in [5, 5.41) is 9.37. The number of nitrogens with zero attached hydrogens (tertiary/aromatic N) is 1. The Morgan fingerprint density at radius 2 is 2.25 bits per heavy atom. The monoisotopic (exact) mass is 343 g/mol. The van der Waals surface area contributed by atoms with Gasteiger partial charge in [0.15, 0.2) is 0 Å². The van der Waals surface area contributed by atoms with Gasteiger partial charge in [0.2, 0.25) is 5.91 Å². The summed E-state index contributed by atoms with van der Waals surface area (Å²) in [6.45, 7) is 2.25. The van der Waals surface area contributed by atoms with Crippen LogP contribution >= 0.6 is 15.9 Å². The molecule has 1 saturated heterocycles. The van der Waals surface area contributed by atoms with Crippen LogP contribution in [0.1, 0.15) is 31.4 Å². The predicted molar refractivity (Wildman–Crippen MR) is 74.6 cm³/mol. The van der Waals surface area contributed by atoms with E-state index >= 15 is 0 Å². The molecule has 2 unspecified atom stereocenters. The first-order valence-electron chi connectivity index (χ1n) is 6.43. The van der Waals surface area contributed by atoms with Crippen molar-refractivity contribution < 1.29 is 19.1 Å². The van der Waals surface area contributed by atoms with Gasteiger partial charge in [0.1, 0.15) is 5.82 Å². The van der Waals surface area contributed by atoms with Gasteiger partial charge >= 0.3 is 5.97 Å². The zero-order valence-electron chi connectivity index (χ0n) is 11.0. The molecule has 0 aromatic heterocycles. The maximum Gasteiger partial charge on any atom is 0.308 e. The molecule has 108 valence electrons. The lowest BCUT2D eigenvalue weighted by molar-refractivity contribution is -0.151. The number of carbonyl (C=O) groups is 2. The molecule has 2 rings (SSSR count). The van der Waals surface area contributed by atoms with Gasteiger partial charge in [-0.15, -0.1) is 0 Å². The van der Waals surface area contributed by atoms with Crippen molar-refractivity contribution in [1.29, 1.82) is 0 Å². The molecule has 0 aliphatic carbocycles. The minimum atomic E-state index is -0.929. The van der Waals surface area contributed by atoms with Gasteiger partial charge < -0.3 is 10.0 Å². The molecule has 0 spiro atoms. The molecular weight excluding hydrogens is 329 g/mol. The van der Waals surface area contributed by atoms with E-state index in [1.54, 1.807) is 17.0 Å². The first kappa shape index (κ1) is 15.0. The number of carboxylic acid groups (broad SMARTS) is 1. The van der Waals surface area contributed by atoms with Crippen LogP contribution in [-0.4, -0.2) is 28.4 Å². The predicted octanol–water partition coefficient (Wildman–Crippen LogP) is 2.97. The Hall–Kier alpha value is -1.43. The number of likely N-dealkylation sites (tertiary alicyclic amines) is 1. The summed E-state index contributed by atoms with van der Waals surface area (Å²) in [7, 11) is 0. The molecule has 4 nitrogen and oxygen atoms in total. The van der Waals surface area contributed by atoms with Gasteiger partial charge in [0.25, 0.3) is 0 Å². The average Bonchev–Trinajstić information content (AvgIpc) is 2.41. The van der Waals surface area contributed by atoms with Crippen LogP contribution in [0, 0.1) is 11.7 Å². The number of aliphatic carboxylic acids is 1. The van der Waals surface area contributed by atoms with Gasteiger partial charge in [-0.05, 0) is 47.0 Å². The van der Waals surface area contributed by atoms with Crippen molar-refractivity contribution in [2.24, 2.45) is 5.92 Å². The van der Waals surface area contributed by atoms with E-state index in [0.717, 1.165) is 0 Å². The highest BCUT2D eigenvalue weighted by Gasteiger charge is 2.40. The second-order valence-corrected chi connectivity index (χ2v) is 5.64. The molecular formula is C14H15BrFNO3. The summed E-state index contributed by atoms with van der Waals surface area (Å²) in [6.07, 6.45) is 0.550. The summed E-state index contributed by atoms with van der Waals surface area (Å²) in [5.74, 6) is -2.06. The maximum atomic E-state index is 13.3. The van der Waals surface area contributed by atoms with Crippen molar-refractivity contribution in [2.75, 3.05) is 6.54 Å². The Bertz CT molecular complexity index is 547. The SMILES string of the molecule is CCN1C(=O)CCC(C(=O)O)C1c1ccc(F)c(Br)c1. The first-order valence-corrected chi connectivity index (χ1v) is 7.22. The van der Waals surface area contributed by atoms with E-state index in [0.29, 0.717) is 18.5 Å². The summed E-state index contributed by atoms with van der Waals surface area (Å²) in [4.78, 5) is 25.0. The summed E-state index contributed by atoms with van der Waals surface area (Å²) in [5.41, 5.74) is 0.639. The second-order valence-electron chi connectivity index (χ2n) is 4.78. The van der Waals surface area contributed by atoms with Gasteiger partial charge in [0, 0.05) is 13.0 Å². The van der Waals surface area contributed by atoms with Crippen LogP contribution in [0.5, 0.6) is 0 Å². The number of rotatable bonds is 3. The zero-order valence-corrected chi connectivity index (χ0v) is 12.6. The van der Waals surface area contributed by atoms with Crippen LogP contribution in [0.15, 0.2) is 22.7 Å². The Kier molecular flexibility index (Phi) is 4.42. The Morgan fingerprint density at radius 3 is 2.80 bits per heavy atom. The van der Waals surface area contributed by atoms with Crippen molar-refractivity contribution in [3.05, 3.63) is 34.1 Å². The van der Waals surface area contributed by atoms with E-state index in [2.05, 4.69) is 15.9 Å². The smallest absolute Gasteiger partial charge is 0.308 e. The van der Waals surface area contributed by atoms with E-state index in [9.17, 15) is 19.1 Å². The minimum Gasteiger partial charge on any atom is -0.481 e. The van der Waals surface area contributed by atoms with Crippen LogP contribution in [0.2, 0.25) is 0 Å². The molecule has 2 atom stereocenters. The van der Waals surface area contributed by atoms with E-state index in [1.807, 2.05) is 6.92 Å². The summed E-state index contributed by atoms with van der Waals surface area (Å²) in [6, 6.07) is 3.83. The third kappa shape index (κ3) is 2.70. The summed E-state index contributed by atoms with van der Waals surface area (Å²) < 4.78 is 13.6. The second kappa shape index (κ2) is 5.91. The number of piperidine rings is 1. The lowest BCUT2D eigenvalue weighted by Gasteiger charge is -2.39. The van der Waals surface area contributed by atoms with Gasteiger partial charge in [0.05, 0.1) is 16.4 Å². The third-order valence-corrected chi connectivity index (χ3v) is 4.26. The molecule has 20 heavy (non-hydrogen) atoms. The minimum absolute atomic E-state index is 0.0598. The molecule has 6 heteroatoms. The van der Waals surface area contributed by atoms with E-state index in [4.69, 9.17) is 0 Å². The highest BCUT2D eigenvalue weighted by atomic mass is 79.9. The zero-order chi connectivity index (χ0) is 14.9. The van der Waals surface area contributed by atoms with Crippen molar-refractivity contribution in [2.45, 2.75) is 25.8 Å². The number of halogens is 2. The molecule has 1 aliphatic rings. The number of benzene rings is 1. The van der Waals surface area contributed by atoms with Crippen LogP contribution in [0.4, 0.5) is 4.39 Å². The Morgan fingerprint density at radius 1 is 1.55 bits per heavy atom. The van der Waals surface area contributed by atoms with Crippen LogP contribution in [0.3, 0.4) is 0 Å². The summed E-state index contributed by atoms with van der Waals surface area (Å²) >= 11 is 3.10. The molecule has 0 saturated carbocycles. The van der Waals surface area contributed by atoms with Crippen LogP contribution < -0.4 is 0 Å². The highest BCUT2D eigenvalue weighted by Crippen LogP contribution is 2.37. The topological polar surface area (TPSA) is 57.6 Å². The fourth-order valence-corrected chi connectivity index (χ4v) is 3.09. The lowest BCUT2D eigenvalue weighted by Crippen LogP contribution is -2.45. The molecule has 1 aromatic carbocycles. The third-order valence-electron chi connectivity index (χ3n) is 3.65. The van der Waals surface area contributed by atoms with E-state index in [-0.39, 0.29) is 16.8 Å². The van der Waals surface area contributed by atoms with Gasteiger partial charge in [-0.25, -0.2) is 4.39 Å². The number of hydrogen-bond donors (Lipinski definition) is 1.